The summed E-state index contributed by atoms with van der Waals surface area (Å²) in [5.41, 5.74) is 4.78. The number of hydrogen-bond acceptors (Lipinski definition) is 4. The van der Waals surface area contributed by atoms with Crippen molar-refractivity contribution in [1.29, 1.82) is 0 Å². The minimum atomic E-state index is -1.24. The molecule has 0 aromatic carbocycles. The Morgan fingerprint density at radius 3 is 2.55 bits per heavy atom. The zero-order valence-corrected chi connectivity index (χ0v) is 6.24. The second-order valence-electron chi connectivity index (χ2n) is 2.04. The predicted octanol–water partition coefficient (Wildman–Crippen LogP) is -1.21. The van der Waals surface area contributed by atoms with Crippen molar-refractivity contribution < 1.29 is 19.4 Å². The number of carbonyl (C=O) groups excluding carboxylic acids is 2. The standard InChI is InChI=1S/C6H11NO4/c1-11-6(10)4(8)2-3-5(7)9/h4,8H,2-3H2,1H3,(H2,7,9)/t4-/m0/s1. The van der Waals surface area contributed by atoms with Gasteiger partial charge in [0.15, 0.2) is 6.10 Å². The zero-order chi connectivity index (χ0) is 8.85. The second-order valence-corrected chi connectivity index (χ2v) is 2.04. The smallest absolute Gasteiger partial charge is 0.334 e. The molecule has 0 aromatic rings. The maximum Gasteiger partial charge on any atom is 0.334 e. The number of amides is 1. The van der Waals surface area contributed by atoms with E-state index in [-0.39, 0.29) is 12.8 Å². The van der Waals surface area contributed by atoms with Gasteiger partial charge >= 0.3 is 5.97 Å². The van der Waals surface area contributed by atoms with Gasteiger partial charge in [-0.15, -0.1) is 0 Å². The van der Waals surface area contributed by atoms with Crippen LogP contribution < -0.4 is 5.73 Å². The molecular formula is C6H11NO4. The lowest BCUT2D eigenvalue weighted by molar-refractivity contribution is -0.150. The van der Waals surface area contributed by atoms with Crippen LogP contribution >= 0.6 is 0 Å². The number of ether oxygens (including phenoxy) is 1. The highest BCUT2D eigenvalue weighted by Gasteiger charge is 2.15. The summed E-state index contributed by atoms with van der Waals surface area (Å²) in [6.07, 6.45) is -1.24. The molecule has 1 amide bonds. The summed E-state index contributed by atoms with van der Waals surface area (Å²) in [6.45, 7) is 0. The molecule has 0 aliphatic carbocycles. The van der Waals surface area contributed by atoms with Gasteiger partial charge in [0.05, 0.1) is 7.11 Å². The SMILES string of the molecule is COC(=O)[C@@H](O)CCC(N)=O. The van der Waals surface area contributed by atoms with Gasteiger partial charge in [0, 0.05) is 6.42 Å². The van der Waals surface area contributed by atoms with Crippen LogP contribution in [0, 0.1) is 0 Å². The van der Waals surface area contributed by atoms with Crippen molar-refractivity contribution in [3.05, 3.63) is 0 Å². The predicted molar refractivity (Wildman–Crippen MR) is 36.5 cm³/mol. The van der Waals surface area contributed by atoms with E-state index in [4.69, 9.17) is 10.8 Å². The van der Waals surface area contributed by atoms with E-state index in [2.05, 4.69) is 4.74 Å². The third-order valence-corrected chi connectivity index (χ3v) is 1.14. The summed E-state index contributed by atoms with van der Waals surface area (Å²) in [5.74, 6) is -1.29. The molecule has 0 heterocycles. The lowest BCUT2D eigenvalue weighted by Crippen LogP contribution is -2.24. The van der Waals surface area contributed by atoms with Crippen molar-refractivity contribution in [2.75, 3.05) is 7.11 Å². The van der Waals surface area contributed by atoms with Crippen LogP contribution in [0.1, 0.15) is 12.8 Å². The van der Waals surface area contributed by atoms with Crippen molar-refractivity contribution in [2.24, 2.45) is 5.73 Å². The van der Waals surface area contributed by atoms with E-state index >= 15 is 0 Å². The molecule has 0 unspecified atom stereocenters. The van der Waals surface area contributed by atoms with Gasteiger partial charge in [-0.2, -0.15) is 0 Å². The number of primary amides is 1. The van der Waals surface area contributed by atoms with Gasteiger partial charge in [0.25, 0.3) is 0 Å². The number of hydrogen-bond donors (Lipinski definition) is 2. The van der Waals surface area contributed by atoms with Gasteiger partial charge in [-0.25, -0.2) is 4.79 Å². The lowest BCUT2D eigenvalue weighted by atomic mass is 10.2. The minimum Gasteiger partial charge on any atom is -0.467 e. The first-order chi connectivity index (χ1) is 5.07. The van der Waals surface area contributed by atoms with Crippen molar-refractivity contribution in [3.63, 3.8) is 0 Å². The highest BCUT2D eigenvalue weighted by molar-refractivity contribution is 5.77. The molecule has 5 nitrogen and oxygen atoms in total. The molecule has 0 saturated heterocycles. The highest BCUT2D eigenvalue weighted by atomic mass is 16.5. The molecule has 0 bridgehead atoms. The van der Waals surface area contributed by atoms with Crippen LogP contribution in [0.3, 0.4) is 0 Å². The monoisotopic (exact) mass is 161 g/mol. The molecule has 0 saturated carbocycles. The van der Waals surface area contributed by atoms with Gasteiger partial charge in [-0.05, 0) is 6.42 Å². The van der Waals surface area contributed by atoms with Crippen molar-refractivity contribution in [3.8, 4) is 0 Å². The molecule has 1 atom stereocenters. The van der Waals surface area contributed by atoms with Crippen molar-refractivity contribution in [1.82, 2.24) is 0 Å². The summed E-state index contributed by atoms with van der Waals surface area (Å²) in [7, 11) is 1.16. The third-order valence-electron chi connectivity index (χ3n) is 1.14. The quantitative estimate of drug-likeness (QED) is 0.506. The Hall–Kier alpha value is -1.10. The molecule has 5 heteroatoms. The van der Waals surface area contributed by atoms with Crippen molar-refractivity contribution in [2.45, 2.75) is 18.9 Å². The number of methoxy groups -OCH3 is 1. The number of aliphatic hydroxyl groups excluding tert-OH is 1. The molecule has 3 N–H and O–H groups in total. The molecule has 0 aliphatic heterocycles. The fraction of sp³-hybridized carbons (Fsp3) is 0.667. The van der Waals surface area contributed by atoms with E-state index in [1.54, 1.807) is 0 Å². The summed E-state index contributed by atoms with van der Waals surface area (Å²) < 4.78 is 4.20. The van der Waals surface area contributed by atoms with E-state index < -0.39 is 18.0 Å². The van der Waals surface area contributed by atoms with Gasteiger partial charge in [0.1, 0.15) is 0 Å². The van der Waals surface area contributed by atoms with E-state index in [0.29, 0.717) is 0 Å². The zero-order valence-electron chi connectivity index (χ0n) is 6.24. The second kappa shape index (κ2) is 4.68. The van der Waals surface area contributed by atoms with Crippen LogP contribution in [0.25, 0.3) is 0 Å². The Bertz CT molecular complexity index is 157. The molecule has 11 heavy (non-hydrogen) atoms. The average Bonchev–Trinajstić information content (AvgIpc) is 1.98. The Morgan fingerprint density at radius 1 is 1.64 bits per heavy atom. The number of aliphatic hydroxyl groups is 1. The summed E-state index contributed by atoms with van der Waals surface area (Å²) in [6, 6.07) is 0. The van der Waals surface area contributed by atoms with Crippen LogP contribution in [0.4, 0.5) is 0 Å². The van der Waals surface area contributed by atoms with E-state index in [1.165, 1.54) is 0 Å². The molecule has 0 aromatic heterocycles. The highest BCUT2D eigenvalue weighted by Crippen LogP contribution is 1.97. The fourth-order valence-corrected chi connectivity index (χ4v) is 0.533. The molecule has 0 aliphatic rings. The molecule has 0 radical (unpaired) electrons. The van der Waals surface area contributed by atoms with Crippen LogP contribution in [0.2, 0.25) is 0 Å². The lowest BCUT2D eigenvalue weighted by Gasteiger charge is -2.05. The van der Waals surface area contributed by atoms with Crippen LogP contribution in [-0.4, -0.2) is 30.2 Å². The van der Waals surface area contributed by atoms with Crippen LogP contribution in [0.5, 0.6) is 0 Å². The van der Waals surface area contributed by atoms with Gasteiger partial charge in [-0.1, -0.05) is 0 Å². The van der Waals surface area contributed by atoms with Gasteiger partial charge in [-0.3, -0.25) is 4.79 Å². The van der Waals surface area contributed by atoms with E-state index in [9.17, 15) is 9.59 Å². The van der Waals surface area contributed by atoms with E-state index in [1.807, 2.05) is 0 Å². The Balaban J connectivity index is 3.60. The normalized spacial score (nSPS) is 12.2. The first-order valence-electron chi connectivity index (χ1n) is 3.12. The molecular weight excluding hydrogens is 150 g/mol. The maximum absolute atomic E-state index is 10.5. The Labute approximate surface area is 64.1 Å². The van der Waals surface area contributed by atoms with Crippen molar-refractivity contribution >= 4 is 11.9 Å². The van der Waals surface area contributed by atoms with Crippen LogP contribution in [-0.2, 0) is 14.3 Å². The minimum absolute atomic E-state index is 0.0159. The summed E-state index contributed by atoms with van der Waals surface area (Å²) in [4.78, 5) is 20.7. The molecule has 0 spiro atoms. The molecule has 0 fully saturated rings. The summed E-state index contributed by atoms with van der Waals surface area (Å²) in [5, 5.41) is 8.88. The number of nitrogens with two attached hydrogens (primary N) is 1. The number of rotatable bonds is 4. The van der Waals surface area contributed by atoms with Gasteiger partial charge in [0.2, 0.25) is 5.91 Å². The number of esters is 1. The van der Waals surface area contributed by atoms with E-state index in [0.717, 1.165) is 7.11 Å². The largest absolute Gasteiger partial charge is 0.467 e. The summed E-state index contributed by atoms with van der Waals surface area (Å²) >= 11 is 0. The fourth-order valence-electron chi connectivity index (χ4n) is 0.533. The van der Waals surface area contributed by atoms with Gasteiger partial charge < -0.3 is 15.6 Å². The first kappa shape index (κ1) is 9.90. The first-order valence-corrected chi connectivity index (χ1v) is 3.12. The Morgan fingerprint density at radius 2 is 2.18 bits per heavy atom. The average molecular weight is 161 g/mol. The Kier molecular flexibility index (Phi) is 4.21. The third kappa shape index (κ3) is 4.32. The maximum atomic E-state index is 10.5. The van der Waals surface area contributed by atoms with Crippen LogP contribution in [0.15, 0.2) is 0 Å². The number of carbonyl (C=O) groups is 2. The molecule has 0 rings (SSSR count). The molecule has 64 valence electrons. The topological polar surface area (TPSA) is 89.6 Å².